The van der Waals surface area contributed by atoms with Gasteiger partial charge >= 0.3 is 0 Å². The van der Waals surface area contributed by atoms with E-state index in [2.05, 4.69) is 21.9 Å². The topological polar surface area (TPSA) is 43.4 Å². The highest BCUT2D eigenvalue weighted by molar-refractivity contribution is 5.44. The Morgan fingerprint density at radius 1 is 0.857 bits per heavy atom. The summed E-state index contributed by atoms with van der Waals surface area (Å²) in [5.41, 5.74) is 2.20. The quantitative estimate of drug-likeness (QED) is 0.436. The molecule has 0 radical (unpaired) electrons. The van der Waals surface area contributed by atoms with Crippen LogP contribution >= 0.6 is 0 Å². The molecule has 0 N–H and O–H groups in total. The highest BCUT2D eigenvalue weighted by Crippen LogP contribution is 2.34. The predicted molar refractivity (Wildman–Crippen MR) is 132 cm³/mol. The molecule has 35 heavy (non-hydrogen) atoms. The number of methoxy groups -OCH3 is 1. The maximum absolute atomic E-state index is 13.5. The number of halogens is 1. The summed E-state index contributed by atoms with van der Waals surface area (Å²) in [6, 6.07) is 20.4. The van der Waals surface area contributed by atoms with Crippen LogP contribution in [0.25, 0.3) is 0 Å². The molecule has 3 aromatic carbocycles. The summed E-state index contributed by atoms with van der Waals surface area (Å²) in [6.07, 6.45) is 0.602. The third-order valence-electron chi connectivity index (χ3n) is 6.60. The summed E-state index contributed by atoms with van der Waals surface area (Å²) in [5, 5.41) is 0. The van der Waals surface area contributed by atoms with Crippen molar-refractivity contribution in [3.63, 3.8) is 0 Å². The minimum atomic E-state index is -0.247. The minimum absolute atomic E-state index is 0.196. The molecule has 5 rings (SSSR count). The normalized spacial score (nSPS) is 16.7. The lowest BCUT2D eigenvalue weighted by Gasteiger charge is -2.35. The van der Waals surface area contributed by atoms with Crippen LogP contribution in [0.5, 0.6) is 23.0 Å². The molecule has 1 saturated heterocycles. The Hall–Kier alpha value is -3.29. The van der Waals surface area contributed by atoms with Gasteiger partial charge in [0, 0.05) is 45.7 Å². The number of fused-ring (bicyclic) bond motifs is 1. The zero-order valence-electron chi connectivity index (χ0n) is 20.0. The molecule has 2 aliphatic heterocycles. The standard InChI is InChI=1S/C28H31FN2O4/c1-32-25-4-2-3-5-27(25)35-24(22-7-9-23(29)10-8-22)12-13-30-14-16-31(17-15-30)19-21-6-11-26-28(18-21)34-20-33-26/h2-11,18,24H,12-17,19-20H2,1H3. The largest absolute Gasteiger partial charge is 0.493 e. The summed E-state index contributed by atoms with van der Waals surface area (Å²) in [4.78, 5) is 4.94. The molecule has 1 unspecified atom stereocenters. The van der Waals surface area contributed by atoms with Crippen molar-refractivity contribution in [3.05, 3.63) is 83.7 Å². The summed E-state index contributed by atoms with van der Waals surface area (Å²) in [5.74, 6) is 2.80. The molecule has 0 spiro atoms. The molecule has 0 aromatic heterocycles. The molecular formula is C28H31FN2O4. The van der Waals surface area contributed by atoms with Crippen molar-refractivity contribution in [1.29, 1.82) is 0 Å². The van der Waals surface area contributed by atoms with Crippen LogP contribution in [0.4, 0.5) is 4.39 Å². The van der Waals surface area contributed by atoms with E-state index in [0.29, 0.717) is 18.3 Å². The van der Waals surface area contributed by atoms with Gasteiger partial charge < -0.3 is 23.8 Å². The summed E-state index contributed by atoms with van der Waals surface area (Å²) in [6.45, 7) is 6.10. The highest BCUT2D eigenvalue weighted by atomic mass is 19.1. The van der Waals surface area contributed by atoms with E-state index in [1.54, 1.807) is 19.2 Å². The molecule has 0 saturated carbocycles. The highest BCUT2D eigenvalue weighted by Gasteiger charge is 2.22. The smallest absolute Gasteiger partial charge is 0.231 e. The molecule has 0 aliphatic carbocycles. The fourth-order valence-electron chi connectivity index (χ4n) is 4.61. The Kier molecular flexibility index (Phi) is 7.35. The van der Waals surface area contributed by atoms with Gasteiger partial charge in [-0.15, -0.1) is 0 Å². The Morgan fingerprint density at radius 3 is 2.34 bits per heavy atom. The molecule has 2 aliphatic rings. The van der Waals surface area contributed by atoms with E-state index in [-0.39, 0.29) is 11.9 Å². The number of hydrogen-bond donors (Lipinski definition) is 0. The Labute approximate surface area is 205 Å². The molecule has 6 nitrogen and oxygen atoms in total. The second kappa shape index (κ2) is 11.0. The van der Waals surface area contributed by atoms with Crippen LogP contribution in [0.2, 0.25) is 0 Å². The average molecular weight is 479 g/mol. The average Bonchev–Trinajstić information content (AvgIpc) is 3.36. The molecule has 0 amide bonds. The van der Waals surface area contributed by atoms with Gasteiger partial charge in [-0.2, -0.15) is 0 Å². The van der Waals surface area contributed by atoms with Crippen LogP contribution in [0, 0.1) is 5.82 Å². The van der Waals surface area contributed by atoms with Crippen molar-refractivity contribution in [1.82, 2.24) is 9.80 Å². The molecule has 2 heterocycles. The first kappa shape index (κ1) is 23.5. The number of piperazine rings is 1. The maximum Gasteiger partial charge on any atom is 0.231 e. The lowest BCUT2D eigenvalue weighted by Crippen LogP contribution is -2.46. The summed E-state index contributed by atoms with van der Waals surface area (Å²) in [7, 11) is 1.64. The van der Waals surface area contributed by atoms with Crippen molar-refractivity contribution in [2.45, 2.75) is 19.1 Å². The molecule has 1 atom stereocenters. The number of hydrogen-bond acceptors (Lipinski definition) is 6. The van der Waals surface area contributed by atoms with E-state index in [1.165, 1.54) is 17.7 Å². The number of nitrogens with zero attached hydrogens (tertiary/aromatic N) is 2. The van der Waals surface area contributed by atoms with E-state index in [0.717, 1.165) is 62.8 Å². The van der Waals surface area contributed by atoms with Crippen LogP contribution in [-0.2, 0) is 6.54 Å². The van der Waals surface area contributed by atoms with E-state index in [1.807, 2.05) is 30.3 Å². The van der Waals surface area contributed by atoms with Gasteiger partial charge in [0.15, 0.2) is 23.0 Å². The summed E-state index contributed by atoms with van der Waals surface area (Å²) >= 11 is 0. The van der Waals surface area contributed by atoms with Crippen LogP contribution < -0.4 is 18.9 Å². The Balaban J connectivity index is 1.17. The lowest BCUT2D eigenvalue weighted by atomic mass is 10.1. The first-order valence-electron chi connectivity index (χ1n) is 12.1. The Bertz CT molecular complexity index is 1120. The van der Waals surface area contributed by atoms with Gasteiger partial charge in [-0.25, -0.2) is 4.39 Å². The zero-order chi connectivity index (χ0) is 24.0. The van der Waals surface area contributed by atoms with Crippen molar-refractivity contribution in [3.8, 4) is 23.0 Å². The second-order valence-electron chi connectivity index (χ2n) is 8.90. The monoisotopic (exact) mass is 478 g/mol. The van der Waals surface area contributed by atoms with Gasteiger partial charge in [0.05, 0.1) is 7.11 Å². The summed E-state index contributed by atoms with van der Waals surface area (Å²) < 4.78 is 36.3. The number of rotatable bonds is 9. The lowest BCUT2D eigenvalue weighted by molar-refractivity contribution is 0.106. The SMILES string of the molecule is COc1ccccc1OC(CCN1CCN(Cc2ccc3c(c2)OCO3)CC1)c1ccc(F)cc1. The van der Waals surface area contributed by atoms with Crippen molar-refractivity contribution < 1.29 is 23.3 Å². The fraction of sp³-hybridized carbons (Fsp3) is 0.357. The van der Waals surface area contributed by atoms with E-state index in [4.69, 9.17) is 18.9 Å². The first-order valence-corrected chi connectivity index (χ1v) is 12.1. The van der Waals surface area contributed by atoms with Crippen molar-refractivity contribution >= 4 is 0 Å². The van der Waals surface area contributed by atoms with Crippen LogP contribution in [-0.4, -0.2) is 56.4 Å². The number of benzene rings is 3. The fourth-order valence-corrected chi connectivity index (χ4v) is 4.61. The van der Waals surface area contributed by atoms with Gasteiger partial charge in [-0.05, 0) is 47.5 Å². The third kappa shape index (κ3) is 5.86. The van der Waals surface area contributed by atoms with Crippen molar-refractivity contribution in [2.24, 2.45) is 0 Å². The van der Waals surface area contributed by atoms with E-state index >= 15 is 0 Å². The minimum Gasteiger partial charge on any atom is -0.493 e. The second-order valence-corrected chi connectivity index (χ2v) is 8.90. The van der Waals surface area contributed by atoms with E-state index in [9.17, 15) is 4.39 Å². The molecule has 184 valence electrons. The van der Waals surface area contributed by atoms with Gasteiger partial charge in [0.1, 0.15) is 11.9 Å². The molecule has 7 heteroatoms. The van der Waals surface area contributed by atoms with Crippen LogP contribution in [0.3, 0.4) is 0 Å². The van der Waals surface area contributed by atoms with Gasteiger partial charge in [0.25, 0.3) is 0 Å². The van der Waals surface area contributed by atoms with Crippen LogP contribution in [0.15, 0.2) is 66.7 Å². The zero-order valence-corrected chi connectivity index (χ0v) is 20.0. The Morgan fingerprint density at radius 2 is 1.57 bits per heavy atom. The molecule has 0 bridgehead atoms. The number of para-hydroxylation sites is 2. The van der Waals surface area contributed by atoms with Crippen molar-refractivity contribution in [2.75, 3.05) is 46.6 Å². The van der Waals surface area contributed by atoms with Crippen LogP contribution in [0.1, 0.15) is 23.7 Å². The van der Waals surface area contributed by atoms with Gasteiger partial charge in [-0.1, -0.05) is 30.3 Å². The molecular weight excluding hydrogens is 447 g/mol. The maximum atomic E-state index is 13.5. The molecule has 3 aromatic rings. The first-order chi connectivity index (χ1) is 17.2. The predicted octanol–water partition coefficient (Wildman–Crippen LogP) is 4.89. The van der Waals surface area contributed by atoms with Gasteiger partial charge in [0.2, 0.25) is 6.79 Å². The molecule has 1 fully saturated rings. The third-order valence-corrected chi connectivity index (χ3v) is 6.60. The van der Waals surface area contributed by atoms with E-state index < -0.39 is 0 Å². The number of ether oxygens (including phenoxy) is 4. The van der Waals surface area contributed by atoms with Gasteiger partial charge in [-0.3, -0.25) is 4.90 Å².